The van der Waals surface area contributed by atoms with E-state index < -0.39 is 0 Å². The third kappa shape index (κ3) is 8.89. The third-order valence-electron chi connectivity index (χ3n) is 3.27. The van der Waals surface area contributed by atoms with Gasteiger partial charge in [-0.3, -0.25) is 9.59 Å². The van der Waals surface area contributed by atoms with Gasteiger partial charge in [0.05, 0.1) is 11.2 Å². The molecule has 0 unspecified atom stereocenters. The van der Waals surface area contributed by atoms with Crippen LogP contribution in [-0.2, 0) is 9.59 Å². The van der Waals surface area contributed by atoms with Gasteiger partial charge in [-0.15, -0.1) is 0 Å². The second-order valence-electron chi connectivity index (χ2n) is 5.37. The smallest absolute Gasteiger partial charge is 0.240 e. The summed E-state index contributed by atoms with van der Waals surface area (Å²) in [6, 6.07) is 5.03. The molecule has 132 valence electrons. The molecule has 2 amide bonds. The molecule has 24 heavy (non-hydrogen) atoms. The van der Waals surface area contributed by atoms with Crippen LogP contribution in [0.25, 0.3) is 0 Å². The van der Waals surface area contributed by atoms with Gasteiger partial charge in [0.25, 0.3) is 0 Å². The summed E-state index contributed by atoms with van der Waals surface area (Å²) in [4.78, 5) is 23.1. The van der Waals surface area contributed by atoms with Crippen LogP contribution in [0.3, 0.4) is 0 Å². The summed E-state index contributed by atoms with van der Waals surface area (Å²) in [7, 11) is 0. The van der Waals surface area contributed by atoms with E-state index in [1.165, 1.54) is 6.21 Å². The van der Waals surface area contributed by atoms with Crippen molar-refractivity contribution in [1.82, 2.24) is 10.7 Å². The third-order valence-corrected chi connectivity index (χ3v) is 3.83. The summed E-state index contributed by atoms with van der Waals surface area (Å²) in [5.74, 6) is -0.151. The number of hydrogen-bond donors (Lipinski definition) is 2. The molecule has 5 nitrogen and oxygen atoms in total. The molecule has 0 fully saturated rings. The van der Waals surface area contributed by atoms with E-state index in [-0.39, 0.29) is 11.8 Å². The molecule has 0 bridgehead atoms. The van der Waals surface area contributed by atoms with Gasteiger partial charge in [-0.1, -0.05) is 42.6 Å². The Morgan fingerprint density at radius 2 is 1.83 bits per heavy atom. The summed E-state index contributed by atoms with van der Waals surface area (Å²) in [5, 5.41) is 7.72. The number of carbonyl (C=O) groups is 2. The maximum absolute atomic E-state index is 11.6. The Bertz CT molecular complexity index is 577. The van der Waals surface area contributed by atoms with Crippen molar-refractivity contribution in [1.29, 1.82) is 0 Å². The van der Waals surface area contributed by atoms with Crippen molar-refractivity contribution >= 4 is 41.2 Å². The molecule has 0 atom stereocenters. The maximum atomic E-state index is 11.6. The number of nitrogens with one attached hydrogen (secondary N) is 2. The van der Waals surface area contributed by atoms with Crippen LogP contribution in [0.1, 0.15) is 51.0 Å². The minimum Gasteiger partial charge on any atom is -0.356 e. The van der Waals surface area contributed by atoms with E-state index in [0.717, 1.165) is 19.4 Å². The predicted octanol–water partition coefficient (Wildman–Crippen LogP) is 3.92. The zero-order chi connectivity index (χ0) is 17.8. The first-order valence-corrected chi connectivity index (χ1v) is 8.82. The number of benzene rings is 1. The topological polar surface area (TPSA) is 70.6 Å². The lowest BCUT2D eigenvalue weighted by molar-refractivity contribution is -0.123. The van der Waals surface area contributed by atoms with E-state index in [2.05, 4.69) is 22.8 Å². The van der Waals surface area contributed by atoms with Crippen molar-refractivity contribution < 1.29 is 9.59 Å². The van der Waals surface area contributed by atoms with Crippen molar-refractivity contribution in [3.63, 3.8) is 0 Å². The van der Waals surface area contributed by atoms with Gasteiger partial charge in [-0.25, -0.2) is 5.43 Å². The minimum atomic E-state index is -0.192. The second kappa shape index (κ2) is 11.9. The fourth-order valence-electron chi connectivity index (χ4n) is 1.90. The monoisotopic (exact) mass is 371 g/mol. The maximum Gasteiger partial charge on any atom is 0.240 e. The van der Waals surface area contributed by atoms with Gasteiger partial charge < -0.3 is 5.32 Å². The van der Waals surface area contributed by atoms with Gasteiger partial charge in [0.15, 0.2) is 0 Å². The molecule has 1 rings (SSSR count). The van der Waals surface area contributed by atoms with Crippen LogP contribution < -0.4 is 10.7 Å². The summed E-state index contributed by atoms with van der Waals surface area (Å²) in [5.41, 5.74) is 3.11. The number of rotatable bonds is 10. The Balaban J connectivity index is 2.18. The van der Waals surface area contributed by atoms with Crippen molar-refractivity contribution in [3.8, 4) is 0 Å². The summed E-state index contributed by atoms with van der Waals surface area (Å²) in [6.45, 7) is 2.80. The Morgan fingerprint density at radius 1 is 1.12 bits per heavy atom. The molecule has 0 heterocycles. The molecule has 7 heteroatoms. The number of hydrazone groups is 1. The zero-order valence-corrected chi connectivity index (χ0v) is 15.3. The van der Waals surface area contributed by atoms with E-state index in [1.807, 2.05) is 0 Å². The highest BCUT2D eigenvalue weighted by atomic mass is 35.5. The molecule has 2 N–H and O–H groups in total. The molecule has 0 aliphatic rings. The highest BCUT2D eigenvalue weighted by molar-refractivity contribution is 6.36. The van der Waals surface area contributed by atoms with E-state index in [4.69, 9.17) is 23.2 Å². The zero-order valence-electron chi connectivity index (χ0n) is 13.8. The molecule has 1 aromatic rings. The lowest BCUT2D eigenvalue weighted by Crippen LogP contribution is -2.24. The number of amides is 2. The Hall–Kier alpha value is -1.59. The van der Waals surface area contributed by atoms with Crippen LogP contribution in [0.2, 0.25) is 10.0 Å². The number of unbranched alkanes of at least 4 members (excludes halogenated alkanes) is 2. The number of hydrogen-bond acceptors (Lipinski definition) is 3. The van der Waals surface area contributed by atoms with Crippen LogP contribution in [0.5, 0.6) is 0 Å². The highest BCUT2D eigenvalue weighted by Crippen LogP contribution is 2.19. The van der Waals surface area contributed by atoms with E-state index in [9.17, 15) is 9.59 Å². The average Bonchev–Trinajstić information content (AvgIpc) is 2.54. The first kappa shape index (κ1) is 20.5. The highest BCUT2D eigenvalue weighted by Gasteiger charge is 2.03. The number of nitrogens with zero attached hydrogens (tertiary/aromatic N) is 1. The average molecular weight is 372 g/mol. The van der Waals surface area contributed by atoms with Crippen LogP contribution in [0.4, 0.5) is 0 Å². The van der Waals surface area contributed by atoms with Crippen molar-refractivity contribution in [2.24, 2.45) is 5.10 Å². The van der Waals surface area contributed by atoms with Crippen LogP contribution in [0.15, 0.2) is 23.3 Å². The van der Waals surface area contributed by atoms with Gasteiger partial charge in [0.2, 0.25) is 11.8 Å². The second-order valence-corrected chi connectivity index (χ2v) is 6.21. The lowest BCUT2D eigenvalue weighted by Gasteiger charge is -2.04. The molecule has 0 saturated carbocycles. The molecule has 0 radical (unpaired) electrons. The Labute approximate surface area is 152 Å². The van der Waals surface area contributed by atoms with Gasteiger partial charge >= 0.3 is 0 Å². The van der Waals surface area contributed by atoms with Crippen molar-refractivity contribution in [2.75, 3.05) is 6.54 Å². The lowest BCUT2D eigenvalue weighted by atomic mass is 10.2. The normalized spacial score (nSPS) is 10.8. The Kier molecular flexibility index (Phi) is 10.1. The standard InChI is InChI=1S/C17H23Cl2N3O2/c1-2-3-10-20-16(23)6-4-5-7-17(24)22-21-12-13-8-9-14(18)11-15(13)19/h8-9,11-12H,2-7,10H2,1H3,(H,20,23)(H,22,24)/b21-12+. The minimum absolute atomic E-state index is 0.0410. The SMILES string of the molecule is CCCCNC(=O)CCCCC(=O)N/N=C/c1ccc(Cl)cc1Cl. The van der Waals surface area contributed by atoms with E-state index >= 15 is 0 Å². The molecule has 0 spiro atoms. The summed E-state index contributed by atoms with van der Waals surface area (Å²) < 4.78 is 0. The fourth-order valence-corrected chi connectivity index (χ4v) is 2.36. The van der Waals surface area contributed by atoms with E-state index in [0.29, 0.717) is 41.3 Å². The first-order valence-electron chi connectivity index (χ1n) is 8.06. The fraction of sp³-hybridized carbons (Fsp3) is 0.471. The molecule has 0 aromatic heterocycles. The van der Waals surface area contributed by atoms with Gasteiger partial charge in [0, 0.05) is 30.0 Å². The molecule has 0 aliphatic heterocycles. The van der Waals surface area contributed by atoms with Crippen LogP contribution >= 0.6 is 23.2 Å². The largest absolute Gasteiger partial charge is 0.356 e. The quantitative estimate of drug-likeness (QED) is 0.371. The van der Waals surface area contributed by atoms with Gasteiger partial charge in [0.1, 0.15) is 0 Å². The molecular formula is C17H23Cl2N3O2. The number of halogens is 2. The molecule has 0 saturated heterocycles. The van der Waals surface area contributed by atoms with E-state index in [1.54, 1.807) is 18.2 Å². The van der Waals surface area contributed by atoms with Crippen LogP contribution in [-0.4, -0.2) is 24.6 Å². The summed E-state index contributed by atoms with van der Waals surface area (Å²) >= 11 is 11.8. The van der Waals surface area contributed by atoms with Gasteiger partial charge in [-0.05, 0) is 31.4 Å². The van der Waals surface area contributed by atoms with Crippen molar-refractivity contribution in [2.45, 2.75) is 45.4 Å². The Morgan fingerprint density at radius 3 is 2.50 bits per heavy atom. The summed E-state index contributed by atoms with van der Waals surface area (Å²) in [6.07, 6.45) is 5.61. The number of carbonyl (C=O) groups excluding carboxylic acids is 2. The van der Waals surface area contributed by atoms with Crippen LogP contribution in [0, 0.1) is 0 Å². The molecule has 0 aliphatic carbocycles. The molecular weight excluding hydrogens is 349 g/mol. The first-order chi connectivity index (χ1) is 11.5. The van der Waals surface area contributed by atoms with Gasteiger partial charge in [-0.2, -0.15) is 5.10 Å². The van der Waals surface area contributed by atoms with Crippen molar-refractivity contribution in [3.05, 3.63) is 33.8 Å². The predicted molar refractivity (Wildman–Crippen MR) is 98.6 cm³/mol. The molecule has 1 aromatic carbocycles.